The fraction of sp³-hybridized carbons (Fsp3) is 0.409. The van der Waals surface area contributed by atoms with Gasteiger partial charge in [-0.25, -0.2) is 4.39 Å². The first-order valence-electron chi connectivity index (χ1n) is 9.82. The van der Waals surface area contributed by atoms with Gasteiger partial charge in [0.25, 0.3) is 5.91 Å². The van der Waals surface area contributed by atoms with Gasteiger partial charge in [-0.1, -0.05) is 25.3 Å². The number of phenols is 1. The first-order chi connectivity index (χ1) is 13.8. The molecule has 6 nitrogen and oxygen atoms in total. The lowest BCUT2D eigenvalue weighted by molar-refractivity contribution is 0.0997. The zero-order valence-corrected chi connectivity index (χ0v) is 16.7. The monoisotopic (exact) mass is 403 g/mol. The molecule has 0 aromatic heterocycles. The van der Waals surface area contributed by atoms with Crippen molar-refractivity contribution in [2.24, 2.45) is 11.5 Å². The van der Waals surface area contributed by atoms with E-state index in [-0.39, 0.29) is 23.7 Å². The predicted molar refractivity (Wildman–Crippen MR) is 112 cm³/mol. The summed E-state index contributed by atoms with van der Waals surface area (Å²) in [6, 6.07) is 11.6. The summed E-state index contributed by atoms with van der Waals surface area (Å²) in [5, 5.41) is 18.6. The Hall–Kier alpha value is -2.64. The number of carbonyl (C=O) groups excluding carboxylic acids is 1. The van der Waals surface area contributed by atoms with Gasteiger partial charge < -0.3 is 26.6 Å². The smallest absolute Gasteiger partial charge is 0.252 e. The largest absolute Gasteiger partial charge is 0.507 e. The third kappa shape index (κ3) is 6.44. The summed E-state index contributed by atoms with van der Waals surface area (Å²) in [5.74, 6) is -1.10. The number of benzene rings is 2. The zero-order chi connectivity index (χ0) is 21.4. The molecule has 0 saturated heterocycles. The van der Waals surface area contributed by atoms with Crippen molar-refractivity contribution in [3.8, 4) is 5.75 Å². The van der Waals surface area contributed by atoms with Gasteiger partial charge in [-0.05, 0) is 54.8 Å². The number of carbonyl (C=O) groups is 1. The second-order valence-corrected chi connectivity index (χ2v) is 7.27. The first-order valence-corrected chi connectivity index (χ1v) is 9.82. The van der Waals surface area contributed by atoms with Crippen molar-refractivity contribution in [1.82, 2.24) is 0 Å². The standard InChI is InChI=1S/C13H18FN.C9H12N2O3/c1-15(12-5-3-2-4-6-12)13-9-7-11(14)8-10-13;10-4-8(13)5-1-2-7(12)6(3-5)9(11)14/h7-10,12H,2-6H2,1H3;1-3,8,12-13H,4,10H2,(H2,11,14). The third-order valence-electron chi connectivity index (χ3n) is 5.25. The predicted octanol–water partition coefficient (Wildman–Crippen LogP) is 3.08. The molecule has 0 radical (unpaired) electrons. The molecular weight excluding hydrogens is 373 g/mol. The van der Waals surface area contributed by atoms with Crippen LogP contribution in [-0.4, -0.2) is 35.8 Å². The Morgan fingerprint density at radius 3 is 2.34 bits per heavy atom. The summed E-state index contributed by atoms with van der Waals surface area (Å²) in [6.07, 6.45) is 5.72. The van der Waals surface area contributed by atoms with Crippen LogP contribution in [0.3, 0.4) is 0 Å². The Bertz CT molecular complexity index is 792. The van der Waals surface area contributed by atoms with Gasteiger partial charge in [0.15, 0.2) is 0 Å². The highest BCUT2D eigenvalue weighted by Crippen LogP contribution is 2.26. The molecule has 2 aromatic rings. The van der Waals surface area contributed by atoms with Gasteiger partial charge >= 0.3 is 0 Å². The van der Waals surface area contributed by atoms with Gasteiger partial charge in [0.2, 0.25) is 0 Å². The molecule has 1 aliphatic rings. The van der Waals surface area contributed by atoms with Gasteiger partial charge in [-0.2, -0.15) is 0 Å². The van der Waals surface area contributed by atoms with Crippen molar-refractivity contribution in [2.75, 3.05) is 18.5 Å². The molecule has 7 heteroatoms. The van der Waals surface area contributed by atoms with E-state index in [4.69, 9.17) is 11.5 Å². The maximum absolute atomic E-state index is 12.8. The minimum Gasteiger partial charge on any atom is -0.507 e. The van der Waals surface area contributed by atoms with E-state index in [9.17, 15) is 19.4 Å². The average molecular weight is 403 g/mol. The van der Waals surface area contributed by atoms with E-state index in [0.29, 0.717) is 11.6 Å². The number of halogens is 1. The maximum atomic E-state index is 12.8. The second-order valence-electron chi connectivity index (χ2n) is 7.27. The van der Waals surface area contributed by atoms with Crippen molar-refractivity contribution in [1.29, 1.82) is 0 Å². The van der Waals surface area contributed by atoms with Crippen LogP contribution in [0.15, 0.2) is 42.5 Å². The Labute approximate surface area is 170 Å². The maximum Gasteiger partial charge on any atom is 0.252 e. The minimum atomic E-state index is -0.853. The van der Waals surface area contributed by atoms with Gasteiger partial charge in [0.1, 0.15) is 11.6 Å². The molecule has 1 aliphatic carbocycles. The topological polar surface area (TPSA) is 113 Å². The van der Waals surface area contributed by atoms with Crippen molar-refractivity contribution in [2.45, 2.75) is 44.2 Å². The van der Waals surface area contributed by atoms with E-state index in [1.165, 1.54) is 62.4 Å². The van der Waals surface area contributed by atoms with Crippen molar-refractivity contribution >= 4 is 11.6 Å². The van der Waals surface area contributed by atoms with Crippen LogP contribution >= 0.6 is 0 Å². The van der Waals surface area contributed by atoms with Crippen LogP contribution in [-0.2, 0) is 0 Å². The van der Waals surface area contributed by atoms with Crippen molar-refractivity contribution < 1.29 is 19.4 Å². The highest BCUT2D eigenvalue weighted by Gasteiger charge is 2.18. The molecule has 0 bridgehead atoms. The normalized spacial score (nSPS) is 15.2. The van der Waals surface area contributed by atoms with Crippen LogP contribution in [0.5, 0.6) is 5.75 Å². The van der Waals surface area contributed by atoms with Crippen LogP contribution < -0.4 is 16.4 Å². The Kier molecular flexibility index (Phi) is 8.42. The first kappa shape index (κ1) is 22.6. The molecule has 3 rings (SSSR count). The molecule has 2 aromatic carbocycles. The molecule has 29 heavy (non-hydrogen) atoms. The van der Waals surface area contributed by atoms with E-state index >= 15 is 0 Å². The molecule has 1 atom stereocenters. The number of hydrogen-bond acceptors (Lipinski definition) is 5. The van der Waals surface area contributed by atoms with E-state index in [1.807, 2.05) is 12.1 Å². The van der Waals surface area contributed by atoms with Crippen LogP contribution in [0, 0.1) is 5.82 Å². The molecule has 0 aliphatic heterocycles. The molecule has 158 valence electrons. The number of nitrogens with zero attached hydrogens (tertiary/aromatic N) is 1. The lowest BCUT2D eigenvalue weighted by atomic mass is 9.94. The molecule has 6 N–H and O–H groups in total. The van der Waals surface area contributed by atoms with Crippen LogP contribution in [0.1, 0.15) is 54.1 Å². The van der Waals surface area contributed by atoms with Gasteiger partial charge in [-0.15, -0.1) is 0 Å². The van der Waals surface area contributed by atoms with E-state index in [0.717, 1.165) is 5.69 Å². The summed E-state index contributed by atoms with van der Waals surface area (Å²) >= 11 is 0. The molecule has 1 unspecified atom stereocenters. The fourth-order valence-electron chi connectivity index (χ4n) is 3.45. The van der Waals surface area contributed by atoms with E-state index in [1.54, 1.807) is 0 Å². The van der Waals surface area contributed by atoms with Crippen molar-refractivity contribution in [3.63, 3.8) is 0 Å². The molecule has 0 spiro atoms. The van der Waals surface area contributed by atoms with Crippen LogP contribution in [0.2, 0.25) is 0 Å². The van der Waals surface area contributed by atoms with Gasteiger partial charge in [0.05, 0.1) is 11.7 Å². The number of amides is 1. The number of hydrogen-bond donors (Lipinski definition) is 4. The molecule has 1 saturated carbocycles. The zero-order valence-electron chi connectivity index (χ0n) is 16.7. The summed E-state index contributed by atoms with van der Waals surface area (Å²) in [6.45, 7) is 0.0446. The van der Waals surface area contributed by atoms with E-state index in [2.05, 4.69) is 11.9 Å². The number of aliphatic hydroxyl groups excluding tert-OH is 1. The number of aromatic hydroxyl groups is 1. The lowest BCUT2D eigenvalue weighted by Gasteiger charge is -2.32. The second kappa shape index (κ2) is 10.8. The fourth-order valence-corrected chi connectivity index (χ4v) is 3.45. The van der Waals surface area contributed by atoms with Crippen LogP contribution in [0.25, 0.3) is 0 Å². The molecule has 1 amide bonds. The SMILES string of the molecule is CN(c1ccc(F)cc1)C1CCCCC1.NCC(O)c1ccc(O)c(C(N)=O)c1. The highest BCUT2D eigenvalue weighted by atomic mass is 19.1. The third-order valence-corrected chi connectivity index (χ3v) is 5.25. The van der Waals surface area contributed by atoms with Crippen molar-refractivity contribution in [3.05, 3.63) is 59.4 Å². The Balaban J connectivity index is 0.000000208. The van der Waals surface area contributed by atoms with Gasteiger partial charge in [-0.3, -0.25) is 4.79 Å². The number of anilines is 1. The number of rotatable bonds is 5. The minimum absolute atomic E-state index is 0.0185. The number of nitrogens with two attached hydrogens (primary N) is 2. The molecule has 1 fully saturated rings. The Morgan fingerprint density at radius 2 is 1.79 bits per heavy atom. The van der Waals surface area contributed by atoms with Gasteiger partial charge in [0, 0.05) is 25.3 Å². The average Bonchev–Trinajstić information content (AvgIpc) is 2.74. The Morgan fingerprint density at radius 1 is 1.17 bits per heavy atom. The number of primary amides is 1. The summed E-state index contributed by atoms with van der Waals surface area (Å²) in [4.78, 5) is 13.1. The number of aliphatic hydroxyl groups is 1. The van der Waals surface area contributed by atoms with E-state index < -0.39 is 12.0 Å². The highest BCUT2D eigenvalue weighted by molar-refractivity contribution is 5.95. The molecular formula is C22H30FN3O3. The summed E-state index contributed by atoms with van der Waals surface area (Å²) in [7, 11) is 2.11. The van der Waals surface area contributed by atoms with Crippen LogP contribution in [0.4, 0.5) is 10.1 Å². The lowest BCUT2D eigenvalue weighted by Crippen LogP contribution is -2.33. The quantitative estimate of drug-likeness (QED) is 0.613. The molecule has 0 heterocycles. The summed E-state index contributed by atoms with van der Waals surface area (Å²) in [5.41, 5.74) is 11.8. The summed E-state index contributed by atoms with van der Waals surface area (Å²) < 4.78 is 12.8.